The molecule has 1 aliphatic heterocycles. The maximum atomic E-state index is 12.6. The first-order chi connectivity index (χ1) is 13.2. The summed E-state index contributed by atoms with van der Waals surface area (Å²) in [5.74, 6) is 0.769. The highest BCUT2D eigenvalue weighted by molar-refractivity contribution is 7.89. The number of sulfonamides is 1. The van der Waals surface area contributed by atoms with Crippen LogP contribution in [0, 0.1) is 12.8 Å². The Kier molecular flexibility index (Phi) is 5.92. The molecule has 0 saturated carbocycles. The first-order valence-corrected chi connectivity index (χ1v) is 10.8. The number of aliphatic hydroxyl groups excluding tert-OH is 1. The van der Waals surface area contributed by atoms with Crippen LogP contribution in [0.4, 0.5) is 0 Å². The number of rotatable bonds is 6. The Hall–Kier alpha value is -2.16. The molecule has 0 bridgehead atoms. The van der Waals surface area contributed by atoms with Gasteiger partial charge in [-0.25, -0.2) is 13.1 Å². The maximum absolute atomic E-state index is 12.6. The van der Waals surface area contributed by atoms with E-state index in [1.165, 1.54) is 0 Å². The van der Waals surface area contributed by atoms with Crippen LogP contribution in [0.3, 0.4) is 0 Å². The molecule has 2 heterocycles. The number of nitrogens with one attached hydrogen (secondary N) is 1. The molecular formula is C20H26N2O5S. The molecule has 3 rings (SSSR count). The summed E-state index contributed by atoms with van der Waals surface area (Å²) in [5.41, 5.74) is 1.80. The smallest absolute Gasteiger partial charge is 0.251 e. The van der Waals surface area contributed by atoms with Crippen molar-refractivity contribution in [2.75, 3.05) is 6.54 Å². The molecule has 8 heteroatoms. The fourth-order valence-electron chi connectivity index (χ4n) is 3.19. The van der Waals surface area contributed by atoms with Crippen LogP contribution in [-0.2, 0) is 34.3 Å². The summed E-state index contributed by atoms with van der Waals surface area (Å²) in [4.78, 5) is 14.2. The zero-order valence-corrected chi connectivity index (χ0v) is 17.1. The maximum Gasteiger partial charge on any atom is 0.251 e. The molecule has 1 atom stereocenters. The molecule has 0 fully saturated rings. The third-order valence-corrected chi connectivity index (χ3v) is 6.33. The van der Waals surface area contributed by atoms with Crippen molar-refractivity contribution in [1.82, 2.24) is 9.62 Å². The Bertz CT molecular complexity index is 965. The Morgan fingerprint density at radius 3 is 2.64 bits per heavy atom. The Balaban J connectivity index is 1.75. The molecular weight excluding hydrogens is 380 g/mol. The minimum atomic E-state index is -3.71. The van der Waals surface area contributed by atoms with Gasteiger partial charge in [0, 0.05) is 13.1 Å². The van der Waals surface area contributed by atoms with Gasteiger partial charge in [-0.2, -0.15) is 0 Å². The zero-order valence-electron chi connectivity index (χ0n) is 16.3. The van der Waals surface area contributed by atoms with Crippen LogP contribution < -0.4 is 4.72 Å². The van der Waals surface area contributed by atoms with Crippen LogP contribution in [-0.4, -0.2) is 37.0 Å². The summed E-state index contributed by atoms with van der Waals surface area (Å²) in [6, 6.07) is 8.48. The van der Waals surface area contributed by atoms with Gasteiger partial charge in [0.05, 0.1) is 11.4 Å². The van der Waals surface area contributed by atoms with E-state index in [1.54, 1.807) is 56.0 Å². The topological polar surface area (TPSA) is 99.9 Å². The Morgan fingerprint density at radius 1 is 1.25 bits per heavy atom. The van der Waals surface area contributed by atoms with E-state index in [1.807, 2.05) is 0 Å². The minimum absolute atomic E-state index is 0.0679. The Labute approximate surface area is 165 Å². The molecule has 2 N–H and O–H groups in total. The number of nitrogens with zero attached hydrogens (tertiary/aromatic N) is 1. The summed E-state index contributed by atoms with van der Waals surface area (Å²) in [5, 5.41) is 10.1. The molecule has 0 saturated heterocycles. The van der Waals surface area contributed by atoms with Crippen LogP contribution in [0.15, 0.2) is 39.6 Å². The van der Waals surface area contributed by atoms with Crippen molar-refractivity contribution >= 4 is 15.9 Å². The first-order valence-electron chi connectivity index (χ1n) is 9.31. The van der Waals surface area contributed by atoms with Gasteiger partial charge in [0.25, 0.3) is 5.91 Å². The van der Waals surface area contributed by atoms with Gasteiger partial charge in [-0.1, -0.05) is 19.9 Å². The molecule has 1 amide bonds. The van der Waals surface area contributed by atoms with Crippen molar-refractivity contribution in [3.05, 3.63) is 53.0 Å². The van der Waals surface area contributed by atoms with E-state index in [9.17, 15) is 18.3 Å². The monoisotopic (exact) mass is 406 g/mol. The van der Waals surface area contributed by atoms with Crippen molar-refractivity contribution in [2.45, 2.75) is 51.3 Å². The first kappa shape index (κ1) is 20.6. The highest BCUT2D eigenvalue weighted by Gasteiger charge is 2.28. The number of aliphatic hydroxyl groups is 1. The number of hydrogen-bond acceptors (Lipinski definition) is 5. The van der Waals surface area contributed by atoms with E-state index >= 15 is 0 Å². The van der Waals surface area contributed by atoms with Gasteiger partial charge in [0.2, 0.25) is 10.0 Å². The quantitative estimate of drug-likeness (QED) is 0.764. The molecule has 0 unspecified atom stereocenters. The lowest BCUT2D eigenvalue weighted by Crippen LogP contribution is -2.44. The summed E-state index contributed by atoms with van der Waals surface area (Å²) in [6.45, 7) is 6.24. The minimum Gasteiger partial charge on any atom is -0.465 e. The number of hydrogen-bond donors (Lipinski definition) is 2. The summed E-state index contributed by atoms with van der Waals surface area (Å²) in [6.07, 6.45) is -0.419. The van der Waals surface area contributed by atoms with Gasteiger partial charge in [-0.05, 0) is 54.7 Å². The van der Waals surface area contributed by atoms with Gasteiger partial charge in [-0.3, -0.25) is 4.79 Å². The number of carbonyl (C=O) groups excluding carboxylic acids is 1. The van der Waals surface area contributed by atoms with Crippen molar-refractivity contribution in [1.29, 1.82) is 0 Å². The molecule has 1 aromatic carbocycles. The van der Waals surface area contributed by atoms with Gasteiger partial charge < -0.3 is 14.4 Å². The lowest BCUT2D eigenvalue weighted by molar-refractivity contribution is -0.143. The van der Waals surface area contributed by atoms with Gasteiger partial charge in [-0.15, -0.1) is 0 Å². The van der Waals surface area contributed by atoms with Gasteiger partial charge in [0.1, 0.15) is 17.6 Å². The summed E-state index contributed by atoms with van der Waals surface area (Å²) in [7, 11) is -3.71. The lowest BCUT2D eigenvalue weighted by atomic mass is 9.98. The van der Waals surface area contributed by atoms with Gasteiger partial charge >= 0.3 is 0 Å². The summed E-state index contributed by atoms with van der Waals surface area (Å²) < 4.78 is 33.2. The molecule has 2 aromatic rings. The zero-order chi connectivity index (χ0) is 20.5. The fraction of sp³-hybridized carbons (Fsp3) is 0.450. The van der Waals surface area contributed by atoms with E-state index < -0.39 is 16.1 Å². The average molecular weight is 407 g/mol. The predicted octanol–water partition coefficient (Wildman–Crippen LogP) is 1.97. The van der Waals surface area contributed by atoms with E-state index in [-0.39, 0.29) is 23.3 Å². The number of aryl methyl sites for hydroxylation is 1. The largest absolute Gasteiger partial charge is 0.465 e. The van der Waals surface area contributed by atoms with E-state index in [0.717, 1.165) is 16.9 Å². The molecule has 0 spiro atoms. The highest BCUT2D eigenvalue weighted by Crippen LogP contribution is 2.24. The van der Waals surface area contributed by atoms with Crippen molar-refractivity contribution in [3.8, 4) is 0 Å². The normalized spacial score (nSPS) is 15.5. The van der Waals surface area contributed by atoms with Crippen LogP contribution in [0.25, 0.3) is 0 Å². The third-order valence-electron chi connectivity index (χ3n) is 4.93. The van der Waals surface area contributed by atoms with Crippen LogP contribution in [0.1, 0.15) is 36.5 Å². The predicted molar refractivity (Wildman–Crippen MR) is 104 cm³/mol. The molecule has 1 aromatic heterocycles. The molecule has 152 valence electrons. The van der Waals surface area contributed by atoms with Crippen molar-refractivity contribution in [2.24, 2.45) is 5.92 Å². The number of furan rings is 1. The van der Waals surface area contributed by atoms with Crippen LogP contribution >= 0.6 is 0 Å². The molecule has 0 radical (unpaired) electrons. The molecule has 1 aliphatic rings. The van der Waals surface area contributed by atoms with Gasteiger partial charge in [0.15, 0.2) is 0 Å². The van der Waals surface area contributed by atoms with Crippen LogP contribution in [0.5, 0.6) is 0 Å². The molecule has 28 heavy (non-hydrogen) atoms. The molecule has 0 aliphatic carbocycles. The second-order valence-corrected chi connectivity index (χ2v) is 9.23. The average Bonchev–Trinajstić information content (AvgIpc) is 3.09. The number of fused-ring (bicyclic) bond motifs is 1. The van der Waals surface area contributed by atoms with E-state index in [0.29, 0.717) is 25.3 Å². The third kappa shape index (κ3) is 4.45. The number of benzene rings is 1. The second-order valence-electron chi connectivity index (χ2n) is 7.47. The van der Waals surface area contributed by atoms with Crippen molar-refractivity contribution < 1.29 is 22.7 Å². The second kappa shape index (κ2) is 8.06. The van der Waals surface area contributed by atoms with Crippen LogP contribution in [0.2, 0.25) is 0 Å². The Morgan fingerprint density at radius 2 is 2.00 bits per heavy atom. The SMILES string of the molecule is Cc1ccc(CNS(=O)(=O)c2ccc3c(c2)CN(C(=O)[C@@H](O)C(C)C)CC3)o1. The standard InChI is InChI=1S/C20H26N2O5S/c1-13(2)19(23)20(24)22-9-8-15-5-7-18(10-16(15)12-22)28(25,26)21-11-17-6-4-14(3)27-17/h4-7,10,13,19,21,23H,8-9,11-12H2,1-3H3/t19-/m0/s1. The fourth-order valence-corrected chi connectivity index (χ4v) is 4.23. The lowest BCUT2D eigenvalue weighted by Gasteiger charge is -2.31. The van der Waals surface area contributed by atoms with E-state index in [2.05, 4.69) is 4.72 Å². The number of carbonyl (C=O) groups is 1. The van der Waals surface area contributed by atoms with Crippen molar-refractivity contribution in [3.63, 3.8) is 0 Å². The molecule has 7 nitrogen and oxygen atoms in total. The van der Waals surface area contributed by atoms with E-state index in [4.69, 9.17) is 4.42 Å². The summed E-state index contributed by atoms with van der Waals surface area (Å²) >= 11 is 0. The number of amides is 1. The highest BCUT2D eigenvalue weighted by atomic mass is 32.2.